The van der Waals surface area contributed by atoms with Crippen molar-refractivity contribution in [3.8, 4) is 5.75 Å². The van der Waals surface area contributed by atoms with E-state index in [1.54, 1.807) is 30.1 Å². The number of hydrogen-bond acceptors (Lipinski definition) is 2. The zero-order chi connectivity index (χ0) is 14.4. The van der Waals surface area contributed by atoms with Gasteiger partial charge < -0.3 is 10.0 Å². The van der Waals surface area contributed by atoms with Gasteiger partial charge in [-0.15, -0.1) is 0 Å². The molecule has 0 spiro atoms. The summed E-state index contributed by atoms with van der Waals surface area (Å²) in [4.78, 5) is 13.8. The Labute approximate surface area is 119 Å². The molecule has 2 aromatic carbocycles. The minimum Gasteiger partial charge on any atom is -0.507 e. The molecule has 3 heteroatoms. The summed E-state index contributed by atoms with van der Waals surface area (Å²) in [5, 5.41) is 9.69. The summed E-state index contributed by atoms with van der Waals surface area (Å²) in [7, 11) is 1.76. The van der Waals surface area contributed by atoms with E-state index in [2.05, 4.69) is 12.1 Å². The molecule has 0 heterocycles. The van der Waals surface area contributed by atoms with Crippen LogP contribution in [-0.2, 0) is 6.42 Å². The smallest absolute Gasteiger partial charge is 0.257 e. The number of carbonyl (C=O) groups excluding carboxylic acids is 1. The zero-order valence-corrected chi connectivity index (χ0v) is 11.6. The van der Waals surface area contributed by atoms with Crippen LogP contribution in [0.4, 0.5) is 0 Å². The normalized spacial score (nSPS) is 10.2. The molecule has 0 saturated carbocycles. The molecule has 2 rings (SSSR count). The highest BCUT2D eigenvalue weighted by Crippen LogP contribution is 2.17. The molecule has 3 nitrogen and oxygen atoms in total. The Bertz CT molecular complexity index is 566. The fraction of sp³-hybridized carbons (Fsp3) is 0.235. The summed E-state index contributed by atoms with van der Waals surface area (Å²) in [6.45, 7) is 0.669. The third kappa shape index (κ3) is 3.60. The van der Waals surface area contributed by atoms with Gasteiger partial charge in [0.1, 0.15) is 5.75 Å². The first kappa shape index (κ1) is 14.1. The minimum atomic E-state index is -0.142. The largest absolute Gasteiger partial charge is 0.507 e. The van der Waals surface area contributed by atoms with Gasteiger partial charge >= 0.3 is 0 Å². The van der Waals surface area contributed by atoms with E-state index in [4.69, 9.17) is 0 Å². The fourth-order valence-corrected chi connectivity index (χ4v) is 2.13. The van der Waals surface area contributed by atoms with Gasteiger partial charge in [0.25, 0.3) is 5.91 Å². The highest BCUT2D eigenvalue weighted by Gasteiger charge is 2.14. The number of amides is 1. The van der Waals surface area contributed by atoms with Gasteiger partial charge in [0.15, 0.2) is 0 Å². The molecule has 1 amide bonds. The molecule has 0 atom stereocenters. The summed E-state index contributed by atoms with van der Waals surface area (Å²) >= 11 is 0. The van der Waals surface area contributed by atoms with E-state index in [9.17, 15) is 9.90 Å². The van der Waals surface area contributed by atoms with Crippen LogP contribution < -0.4 is 0 Å². The Hall–Kier alpha value is -2.29. The Balaban J connectivity index is 1.87. The van der Waals surface area contributed by atoms with Crippen LogP contribution in [0.25, 0.3) is 0 Å². The van der Waals surface area contributed by atoms with E-state index in [0.29, 0.717) is 12.1 Å². The quantitative estimate of drug-likeness (QED) is 0.906. The topological polar surface area (TPSA) is 40.5 Å². The van der Waals surface area contributed by atoms with Gasteiger partial charge in [0.05, 0.1) is 5.56 Å². The van der Waals surface area contributed by atoms with Crippen LogP contribution in [-0.4, -0.2) is 29.5 Å². The molecule has 0 aliphatic carbocycles. The molecule has 0 aliphatic rings. The lowest BCUT2D eigenvalue weighted by atomic mass is 10.1. The molecule has 0 aliphatic heterocycles. The van der Waals surface area contributed by atoms with Gasteiger partial charge in [-0.05, 0) is 30.5 Å². The first-order valence-electron chi connectivity index (χ1n) is 6.76. The maximum atomic E-state index is 12.2. The van der Waals surface area contributed by atoms with Crippen LogP contribution in [0.1, 0.15) is 22.3 Å². The Kier molecular flexibility index (Phi) is 4.77. The van der Waals surface area contributed by atoms with E-state index in [1.807, 2.05) is 18.2 Å². The van der Waals surface area contributed by atoms with E-state index in [1.165, 1.54) is 11.6 Å². The first-order chi connectivity index (χ1) is 9.68. The van der Waals surface area contributed by atoms with Crippen LogP contribution in [0.15, 0.2) is 54.6 Å². The number of nitrogens with zero attached hydrogens (tertiary/aromatic N) is 1. The van der Waals surface area contributed by atoms with Gasteiger partial charge in [-0.2, -0.15) is 0 Å². The molecular weight excluding hydrogens is 250 g/mol. The van der Waals surface area contributed by atoms with Crippen molar-refractivity contribution in [2.45, 2.75) is 12.8 Å². The average molecular weight is 269 g/mol. The molecule has 0 radical (unpaired) electrons. The van der Waals surface area contributed by atoms with Crippen molar-refractivity contribution in [2.24, 2.45) is 0 Å². The Morgan fingerprint density at radius 3 is 2.40 bits per heavy atom. The molecule has 1 N–H and O–H groups in total. The number of para-hydroxylation sites is 1. The van der Waals surface area contributed by atoms with Gasteiger partial charge in [-0.25, -0.2) is 0 Å². The second kappa shape index (κ2) is 6.75. The third-order valence-corrected chi connectivity index (χ3v) is 3.28. The number of phenols is 1. The molecule has 104 valence electrons. The predicted octanol–water partition coefficient (Wildman–Crippen LogP) is 3.10. The van der Waals surface area contributed by atoms with Crippen molar-refractivity contribution in [2.75, 3.05) is 13.6 Å². The Morgan fingerprint density at radius 1 is 1.05 bits per heavy atom. The molecule has 2 aromatic rings. The summed E-state index contributed by atoms with van der Waals surface area (Å²) in [5.74, 6) is -0.108. The summed E-state index contributed by atoms with van der Waals surface area (Å²) in [6.07, 6.45) is 1.85. The van der Waals surface area contributed by atoms with E-state index in [0.717, 1.165) is 12.8 Å². The predicted molar refractivity (Wildman–Crippen MR) is 79.8 cm³/mol. The molecule has 0 fully saturated rings. The summed E-state index contributed by atoms with van der Waals surface area (Å²) < 4.78 is 0. The number of aromatic hydroxyl groups is 1. The lowest BCUT2D eigenvalue weighted by Crippen LogP contribution is -2.28. The standard InChI is InChI=1S/C17H19NO2/c1-18(13-7-10-14-8-3-2-4-9-14)17(20)15-11-5-6-12-16(15)19/h2-6,8-9,11-12,19H,7,10,13H2,1H3. The minimum absolute atomic E-state index is 0.0346. The molecule has 0 bridgehead atoms. The number of rotatable bonds is 5. The molecule has 20 heavy (non-hydrogen) atoms. The molecule has 0 unspecified atom stereocenters. The van der Waals surface area contributed by atoms with Crippen LogP contribution in [0.2, 0.25) is 0 Å². The van der Waals surface area contributed by atoms with Crippen LogP contribution in [0, 0.1) is 0 Å². The monoisotopic (exact) mass is 269 g/mol. The lowest BCUT2D eigenvalue weighted by molar-refractivity contribution is 0.0790. The third-order valence-electron chi connectivity index (χ3n) is 3.28. The van der Waals surface area contributed by atoms with E-state index < -0.39 is 0 Å². The van der Waals surface area contributed by atoms with Crippen molar-refractivity contribution in [3.63, 3.8) is 0 Å². The number of phenolic OH excluding ortho intramolecular Hbond substituents is 1. The number of hydrogen-bond donors (Lipinski definition) is 1. The number of benzene rings is 2. The van der Waals surface area contributed by atoms with Gasteiger partial charge in [-0.3, -0.25) is 4.79 Å². The number of carbonyl (C=O) groups is 1. The number of aryl methyl sites for hydroxylation is 1. The van der Waals surface area contributed by atoms with Crippen molar-refractivity contribution in [3.05, 3.63) is 65.7 Å². The summed E-state index contributed by atoms with van der Waals surface area (Å²) in [5.41, 5.74) is 1.63. The average Bonchev–Trinajstić information content (AvgIpc) is 2.48. The summed E-state index contributed by atoms with van der Waals surface area (Å²) in [6, 6.07) is 16.9. The van der Waals surface area contributed by atoms with E-state index in [-0.39, 0.29) is 11.7 Å². The molecule has 0 saturated heterocycles. The van der Waals surface area contributed by atoms with Gasteiger partial charge in [0.2, 0.25) is 0 Å². The van der Waals surface area contributed by atoms with Gasteiger partial charge in [-0.1, -0.05) is 42.5 Å². The van der Waals surface area contributed by atoms with Crippen molar-refractivity contribution < 1.29 is 9.90 Å². The first-order valence-corrected chi connectivity index (χ1v) is 6.76. The van der Waals surface area contributed by atoms with Crippen LogP contribution in [0.5, 0.6) is 5.75 Å². The maximum Gasteiger partial charge on any atom is 0.257 e. The second-order valence-electron chi connectivity index (χ2n) is 4.83. The highest BCUT2D eigenvalue weighted by molar-refractivity contribution is 5.96. The highest BCUT2D eigenvalue weighted by atomic mass is 16.3. The second-order valence-corrected chi connectivity index (χ2v) is 4.83. The molecule has 0 aromatic heterocycles. The zero-order valence-electron chi connectivity index (χ0n) is 11.6. The Morgan fingerprint density at radius 2 is 1.70 bits per heavy atom. The van der Waals surface area contributed by atoms with E-state index >= 15 is 0 Å². The van der Waals surface area contributed by atoms with Crippen LogP contribution in [0.3, 0.4) is 0 Å². The van der Waals surface area contributed by atoms with Crippen molar-refractivity contribution >= 4 is 5.91 Å². The lowest BCUT2D eigenvalue weighted by Gasteiger charge is -2.17. The van der Waals surface area contributed by atoms with Crippen LogP contribution >= 0.6 is 0 Å². The SMILES string of the molecule is CN(CCCc1ccccc1)C(=O)c1ccccc1O. The maximum absolute atomic E-state index is 12.2. The molecular formula is C17H19NO2. The van der Waals surface area contributed by atoms with Crippen molar-refractivity contribution in [1.82, 2.24) is 4.90 Å². The fourth-order valence-electron chi connectivity index (χ4n) is 2.13. The van der Waals surface area contributed by atoms with Gasteiger partial charge in [0, 0.05) is 13.6 Å². The van der Waals surface area contributed by atoms with Crippen molar-refractivity contribution in [1.29, 1.82) is 0 Å².